The molecule has 0 fully saturated rings. The Hall–Kier alpha value is -1.10. The molecule has 15 heavy (non-hydrogen) atoms. The summed E-state index contributed by atoms with van der Waals surface area (Å²) >= 11 is 0. The van der Waals surface area contributed by atoms with Crippen molar-refractivity contribution in [2.45, 2.75) is 45.3 Å². The van der Waals surface area contributed by atoms with E-state index in [1.165, 1.54) is 7.11 Å². The van der Waals surface area contributed by atoms with Crippen molar-refractivity contribution in [2.75, 3.05) is 7.11 Å². The molecular formula is C10H19NO4. The number of carbonyl (C=O) groups excluding carboxylic acids is 2. The SMILES string of the molecule is COC(=O)CC(O)CC(=O)NC(C)(C)C. The fourth-order valence-corrected chi connectivity index (χ4v) is 1.03. The minimum Gasteiger partial charge on any atom is -0.469 e. The van der Waals surface area contributed by atoms with Crippen molar-refractivity contribution in [2.24, 2.45) is 0 Å². The maximum absolute atomic E-state index is 11.3. The standard InChI is InChI=1S/C10H19NO4/c1-10(2,3)11-8(13)5-7(12)6-9(14)15-4/h7,12H,5-6H2,1-4H3,(H,11,13). The largest absolute Gasteiger partial charge is 0.469 e. The first-order chi connectivity index (χ1) is 6.74. The fourth-order valence-electron chi connectivity index (χ4n) is 1.03. The van der Waals surface area contributed by atoms with Crippen LogP contribution < -0.4 is 5.32 Å². The van der Waals surface area contributed by atoms with Gasteiger partial charge in [0.05, 0.1) is 26.1 Å². The third-order valence-electron chi connectivity index (χ3n) is 1.57. The highest BCUT2D eigenvalue weighted by Crippen LogP contribution is 2.03. The van der Waals surface area contributed by atoms with Gasteiger partial charge in [-0.1, -0.05) is 0 Å². The van der Waals surface area contributed by atoms with Gasteiger partial charge in [-0.05, 0) is 20.8 Å². The van der Waals surface area contributed by atoms with Crippen molar-refractivity contribution in [3.05, 3.63) is 0 Å². The molecule has 0 aliphatic carbocycles. The summed E-state index contributed by atoms with van der Waals surface area (Å²) in [6, 6.07) is 0. The van der Waals surface area contributed by atoms with E-state index in [-0.39, 0.29) is 24.3 Å². The zero-order valence-electron chi connectivity index (χ0n) is 9.66. The van der Waals surface area contributed by atoms with E-state index < -0.39 is 12.1 Å². The molecule has 5 nitrogen and oxygen atoms in total. The number of nitrogens with one attached hydrogen (secondary N) is 1. The van der Waals surface area contributed by atoms with Crippen molar-refractivity contribution < 1.29 is 19.4 Å². The van der Waals surface area contributed by atoms with Crippen molar-refractivity contribution >= 4 is 11.9 Å². The average Bonchev–Trinajstić information content (AvgIpc) is 1.99. The van der Waals surface area contributed by atoms with Crippen molar-refractivity contribution in [3.63, 3.8) is 0 Å². The highest BCUT2D eigenvalue weighted by molar-refractivity contribution is 5.78. The Labute approximate surface area is 89.8 Å². The summed E-state index contributed by atoms with van der Waals surface area (Å²) in [7, 11) is 1.24. The van der Waals surface area contributed by atoms with Crippen LogP contribution in [0.15, 0.2) is 0 Å². The number of carbonyl (C=O) groups is 2. The molecule has 0 bridgehead atoms. The van der Waals surface area contributed by atoms with Crippen LogP contribution in [0.1, 0.15) is 33.6 Å². The first kappa shape index (κ1) is 13.9. The fraction of sp³-hybridized carbons (Fsp3) is 0.800. The molecule has 0 saturated carbocycles. The van der Waals surface area contributed by atoms with Gasteiger partial charge in [-0.3, -0.25) is 9.59 Å². The van der Waals surface area contributed by atoms with Gasteiger partial charge in [-0.15, -0.1) is 0 Å². The molecule has 0 radical (unpaired) electrons. The molecule has 0 aliphatic rings. The molecule has 1 unspecified atom stereocenters. The van der Waals surface area contributed by atoms with E-state index in [1.807, 2.05) is 20.8 Å². The molecule has 0 saturated heterocycles. The van der Waals surface area contributed by atoms with Crippen LogP contribution in [-0.2, 0) is 14.3 Å². The molecular weight excluding hydrogens is 198 g/mol. The first-order valence-corrected chi connectivity index (χ1v) is 4.80. The Morgan fingerprint density at radius 3 is 2.27 bits per heavy atom. The van der Waals surface area contributed by atoms with Crippen LogP contribution in [0, 0.1) is 0 Å². The minimum atomic E-state index is -0.986. The molecule has 5 heteroatoms. The second kappa shape index (κ2) is 5.70. The number of methoxy groups -OCH3 is 1. The summed E-state index contributed by atoms with van der Waals surface area (Å²) in [5, 5.41) is 12.0. The molecule has 0 heterocycles. The predicted octanol–water partition coefficient (Wildman–Crippen LogP) is 0.215. The zero-order chi connectivity index (χ0) is 12.1. The Balaban J connectivity index is 3.92. The molecule has 0 rings (SSSR count). The van der Waals surface area contributed by atoms with E-state index >= 15 is 0 Å². The van der Waals surface area contributed by atoms with Gasteiger partial charge < -0.3 is 15.2 Å². The minimum absolute atomic E-state index is 0.0909. The van der Waals surface area contributed by atoms with Crippen molar-refractivity contribution in [3.8, 4) is 0 Å². The Bertz CT molecular complexity index is 232. The number of aliphatic hydroxyl groups is 1. The smallest absolute Gasteiger partial charge is 0.308 e. The lowest BCUT2D eigenvalue weighted by molar-refractivity contribution is -0.143. The first-order valence-electron chi connectivity index (χ1n) is 4.80. The van der Waals surface area contributed by atoms with Crippen LogP contribution in [0.3, 0.4) is 0 Å². The van der Waals surface area contributed by atoms with Crippen LogP contribution in [0.25, 0.3) is 0 Å². The number of ether oxygens (including phenoxy) is 1. The molecule has 0 aliphatic heterocycles. The number of hydrogen-bond acceptors (Lipinski definition) is 4. The van der Waals surface area contributed by atoms with Gasteiger partial charge in [0.25, 0.3) is 0 Å². The highest BCUT2D eigenvalue weighted by Gasteiger charge is 2.18. The van der Waals surface area contributed by atoms with Gasteiger partial charge in [-0.2, -0.15) is 0 Å². The topological polar surface area (TPSA) is 75.6 Å². The maximum atomic E-state index is 11.3. The van der Waals surface area contributed by atoms with Crippen molar-refractivity contribution in [1.82, 2.24) is 5.32 Å². The van der Waals surface area contributed by atoms with Gasteiger partial charge in [0.15, 0.2) is 0 Å². The summed E-state index contributed by atoms with van der Waals surface area (Å²) in [4.78, 5) is 22.1. The van der Waals surface area contributed by atoms with E-state index in [1.54, 1.807) is 0 Å². The molecule has 1 amide bonds. The van der Waals surface area contributed by atoms with Gasteiger partial charge in [-0.25, -0.2) is 0 Å². The second-order valence-electron chi connectivity index (χ2n) is 4.44. The summed E-state index contributed by atoms with van der Waals surface area (Å²) in [6.45, 7) is 5.53. The summed E-state index contributed by atoms with van der Waals surface area (Å²) in [6.07, 6.45) is -1.24. The van der Waals surface area contributed by atoms with Crippen LogP contribution in [-0.4, -0.2) is 35.7 Å². The molecule has 1 atom stereocenters. The number of aliphatic hydroxyl groups excluding tert-OH is 1. The lowest BCUT2D eigenvalue weighted by Crippen LogP contribution is -2.42. The number of rotatable bonds is 4. The average molecular weight is 217 g/mol. The van der Waals surface area contributed by atoms with E-state index in [0.717, 1.165) is 0 Å². The van der Waals surface area contributed by atoms with Crippen LogP contribution >= 0.6 is 0 Å². The van der Waals surface area contributed by atoms with E-state index in [9.17, 15) is 14.7 Å². The van der Waals surface area contributed by atoms with Gasteiger partial charge in [0.2, 0.25) is 5.91 Å². The molecule has 88 valence electrons. The number of esters is 1. The summed E-state index contributed by atoms with van der Waals surface area (Å²) in [5.41, 5.74) is -0.331. The summed E-state index contributed by atoms with van der Waals surface area (Å²) in [5.74, 6) is -0.801. The van der Waals surface area contributed by atoms with E-state index in [2.05, 4.69) is 10.1 Å². The normalized spacial score (nSPS) is 13.1. The molecule has 0 aromatic carbocycles. The van der Waals surface area contributed by atoms with Crippen LogP contribution in [0.5, 0.6) is 0 Å². The van der Waals surface area contributed by atoms with Crippen LogP contribution in [0.2, 0.25) is 0 Å². The second-order valence-corrected chi connectivity index (χ2v) is 4.44. The third kappa shape index (κ3) is 7.93. The Morgan fingerprint density at radius 2 is 1.87 bits per heavy atom. The van der Waals surface area contributed by atoms with Crippen molar-refractivity contribution in [1.29, 1.82) is 0 Å². The number of hydrogen-bond donors (Lipinski definition) is 2. The lowest BCUT2D eigenvalue weighted by atomic mass is 10.1. The monoisotopic (exact) mass is 217 g/mol. The van der Waals surface area contributed by atoms with Gasteiger partial charge >= 0.3 is 5.97 Å². The van der Waals surface area contributed by atoms with Gasteiger partial charge in [0.1, 0.15) is 0 Å². The quantitative estimate of drug-likeness (QED) is 0.660. The Kier molecular flexibility index (Phi) is 5.28. The molecule has 0 spiro atoms. The lowest BCUT2D eigenvalue weighted by Gasteiger charge is -2.21. The number of amides is 1. The third-order valence-corrected chi connectivity index (χ3v) is 1.57. The molecule has 0 aromatic rings. The van der Waals surface area contributed by atoms with Crippen LogP contribution in [0.4, 0.5) is 0 Å². The van der Waals surface area contributed by atoms with E-state index in [4.69, 9.17) is 0 Å². The Morgan fingerprint density at radius 1 is 1.33 bits per heavy atom. The maximum Gasteiger partial charge on any atom is 0.308 e. The summed E-state index contributed by atoms with van der Waals surface area (Å²) < 4.78 is 4.37. The molecule has 0 aromatic heterocycles. The van der Waals surface area contributed by atoms with Gasteiger partial charge in [0, 0.05) is 5.54 Å². The van der Waals surface area contributed by atoms with E-state index in [0.29, 0.717) is 0 Å². The highest BCUT2D eigenvalue weighted by atomic mass is 16.5. The zero-order valence-corrected chi connectivity index (χ0v) is 9.66. The molecule has 2 N–H and O–H groups in total. The predicted molar refractivity (Wildman–Crippen MR) is 55.2 cm³/mol.